The number of aromatic nitrogens is 3. The minimum absolute atomic E-state index is 0.0361. The number of hydrazone groups is 1. The molecule has 0 spiro atoms. The van der Waals surface area contributed by atoms with Crippen LogP contribution in [0.25, 0.3) is 5.69 Å². The van der Waals surface area contributed by atoms with Crippen molar-refractivity contribution in [3.05, 3.63) is 68.8 Å². The number of rotatable bonds is 8. The first-order valence-electron chi connectivity index (χ1n) is 9.98. The number of methoxy groups -OCH3 is 1. The molecule has 2 heterocycles. The van der Waals surface area contributed by atoms with E-state index in [0.29, 0.717) is 16.6 Å². The van der Waals surface area contributed by atoms with Crippen molar-refractivity contribution >= 4 is 29.6 Å². The van der Waals surface area contributed by atoms with Crippen LogP contribution >= 0.6 is 11.8 Å². The van der Waals surface area contributed by atoms with Crippen molar-refractivity contribution in [1.29, 1.82) is 0 Å². The summed E-state index contributed by atoms with van der Waals surface area (Å²) in [5.41, 5.74) is 7.10. The van der Waals surface area contributed by atoms with E-state index in [9.17, 15) is 14.9 Å². The molecule has 3 aromatic rings. The zero-order valence-corrected chi connectivity index (χ0v) is 19.8. The quantitative estimate of drug-likeness (QED) is 0.176. The third-order valence-electron chi connectivity index (χ3n) is 4.77. The van der Waals surface area contributed by atoms with Gasteiger partial charge in [0.05, 0.1) is 29.7 Å². The molecule has 0 aliphatic carbocycles. The Hall–Kier alpha value is -3.73. The van der Waals surface area contributed by atoms with Crippen molar-refractivity contribution in [1.82, 2.24) is 20.0 Å². The molecule has 1 aromatic carbocycles. The van der Waals surface area contributed by atoms with Crippen LogP contribution in [0.5, 0.6) is 5.75 Å². The fraction of sp³-hybridized carbons (Fsp3) is 0.273. The molecule has 0 saturated carbocycles. The van der Waals surface area contributed by atoms with Crippen LogP contribution in [-0.4, -0.2) is 44.4 Å². The number of benzene rings is 1. The fourth-order valence-corrected chi connectivity index (χ4v) is 4.09. The van der Waals surface area contributed by atoms with Crippen LogP contribution in [-0.2, 0) is 4.79 Å². The van der Waals surface area contributed by atoms with Crippen molar-refractivity contribution in [2.24, 2.45) is 5.10 Å². The average Bonchev–Trinajstić information content (AvgIpc) is 3.04. The second-order valence-corrected chi connectivity index (χ2v) is 8.23. The number of hydrogen-bond acceptors (Lipinski definition) is 8. The number of nitro benzene ring substituents is 1. The molecule has 10 nitrogen and oxygen atoms in total. The van der Waals surface area contributed by atoms with Gasteiger partial charge in [0.2, 0.25) is 0 Å². The van der Waals surface area contributed by atoms with E-state index in [-0.39, 0.29) is 17.3 Å². The van der Waals surface area contributed by atoms with Gasteiger partial charge in [0.15, 0.2) is 5.16 Å². The van der Waals surface area contributed by atoms with Crippen LogP contribution in [0.3, 0.4) is 0 Å². The summed E-state index contributed by atoms with van der Waals surface area (Å²) in [6.07, 6.45) is 1.54. The van der Waals surface area contributed by atoms with Crippen molar-refractivity contribution in [2.75, 3.05) is 12.9 Å². The number of nitrogens with zero attached hydrogens (tertiary/aromatic N) is 5. The van der Waals surface area contributed by atoms with Gasteiger partial charge in [-0.1, -0.05) is 11.8 Å². The van der Waals surface area contributed by atoms with E-state index in [1.165, 1.54) is 31.0 Å². The molecule has 0 bridgehead atoms. The van der Waals surface area contributed by atoms with Crippen molar-refractivity contribution in [2.45, 2.75) is 32.9 Å². The predicted molar refractivity (Wildman–Crippen MR) is 126 cm³/mol. The average molecular weight is 469 g/mol. The molecule has 0 saturated heterocycles. The van der Waals surface area contributed by atoms with Gasteiger partial charge in [0.25, 0.3) is 11.6 Å². The smallest absolute Gasteiger partial charge is 0.271 e. The lowest BCUT2D eigenvalue weighted by Crippen LogP contribution is -2.19. The van der Waals surface area contributed by atoms with Gasteiger partial charge in [-0.25, -0.2) is 15.4 Å². The predicted octanol–water partition coefficient (Wildman–Crippen LogP) is 3.66. The van der Waals surface area contributed by atoms with Gasteiger partial charge in [0.1, 0.15) is 5.75 Å². The highest BCUT2D eigenvalue weighted by Gasteiger charge is 2.17. The molecule has 0 radical (unpaired) electrons. The van der Waals surface area contributed by atoms with Gasteiger partial charge >= 0.3 is 0 Å². The molecule has 2 aromatic heterocycles. The standard InChI is InChI=1S/C22H24N6O4S/c1-13-8-14(2)25-22(24-13)33-12-21(29)26-23-11-17-9-15(3)27(16(17)4)19-10-18(28(30)31)6-7-20(19)32-5/h6-11H,12H2,1-5H3,(H,26,29)/b23-11-. The maximum absolute atomic E-state index is 12.2. The molecule has 1 N–H and O–H groups in total. The Kier molecular flexibility index (Phi) is 7.44. The van der Waals surface area contributed by atoms with Gasteiger partial charge < -0.3 is 9.30 Å². The van der Waals surface area contributed by atoms with E-state index in [1.807, 2.05) is 44.4 Å². The molecular formula is C22H24N6O4S. The van der Waals surface area contributed by atoms with Gasteiger partial charge in [-0.2, -0.15) is 5.10 Å². The minimum Gasteiger partial charge on any atom is -0.495 e. The van der Waals surface area contributed by atoms with E-state index < -0.39 is 4.92 Å². The molecule has 1 amide bonds. The maximum Gasteiger partial charge on any atom is 0.271 e. The van der Waals surface area contributed by atoms with E-state index in [0.717, 1.165) is 28.3 Å². The molecule has 172 valence electrons. The first kappa shape index (κ1) is 23.9. The topological polar surface area (TPSA) is 125 Å². The zero-order chi connectivity index (χ0) is 24.1. The van der Waals surface area contributed by atoms with Crippen LogP contribution < -0.4 is 10.2 Å². The number of nitro groups is 1. The molecule has 11 heteroatoms. The Balaban J connectivity index is 1.73. The Morgan fingerprint density at radius 2 is 1.91 bits per heavy atom. The van der Waals surface area contributed by atoms with Crippen molar-refractivity contribution in [3.8, 4) is 11.4 Å². The number of hydrogen-bond donors (Lipinski definition) is 1. The molecule has 0 aliphatic heterocycles. The summed E-state index contributed by atoms with van der Waals surface area (Å²) in [4.78, 5) is 31.5. The largest absolute Gasteiger partial charge is 0.495 e. The molecule has 33 heavy (non-hydrogen) atoms. The summed E-state index contributed by atoms with van der Waals surface area (Å²) in [6.45, 7) is 7.49. The SMILES string of the molecule is COc1ccc([N+](=O)[O-])cc1-n1c(C)cc(/C=N\NC(=O)CSc2nc(C)cc(C)n2)c1C. The van der Waals surface area contributed by atoms with E-state index in [1.54, 1.807) is 12.3 Å². The number of amides is 1. The normalized spacial score (nSPS) is 11.1. The highest BCUT2D eigenvalue weighted by molar-refractivity contribution is 7.99. The molecule has 0 fully saturated rings. The molecular weight excluding hydrogens is 444 g/mol. The monoisotopic (exact) mass is 468 g/mol. The number of aryl methyl sites for hydroxylation is 3. The third kappa shape index (κ3) is 5.75. The molecule has 0 atom stereocenters. The highest BCUT2D eigenvalue weighted by Crippen LogP contribution is 2.31. The lowest BCUT2D eigenvalue weighted by molar-refractivity contribution is -0.384. The Labute approximate surface area is 195 Å². The lowest BCUT2D eigenvalue weighted by Gasteiger charge is -2.13. The van der Waals surface area contributed by atoms with Crippen LogP contribution in [0.2, 0.25) is 0 Å². The van der Waals surface area contributed by atoms with Crippen molar-refractivity contribution in [3.63, 3.8) is 0 Å². The van der Waals surface area contributed by atoms with Gasteiger partial charge in [0, 0.05) is 40.5 Å². The summed E-state index contributed by atoms with van der Waals surface area (Å²) in [7, 11) is 1.51. The highest BCUT2D eigenvalue weighted by atomic mass is 32.2. The van der Waals surface area contributed by atoms with E-state index in [2.05, 4.69) is 20.5 Å². The zero-order valence-electron chi connectivity index (χ0n) is 18.9. The maximum atomic E-state index is 12.2. The summed E-state index contributed by atoms with van der Waals surface area (Å²) >= 11 is 1.24. The number of thioether (sulfide) groups is 1. The number of non-ortho nitro benzene ring substituents is 1. The Morgan fingerprint density at radius 1 is 1.21 bits per heavy atom. The van der Waals surface area contributed by atoms with Crippen molar-refractivity contribution < 1.29 is 14.5 Å². The molecule has 0 unspecified atom stereocenters. The molecule has 3 rings (SSSR count). The van der Waals surface area contributed by atoms with Gasteiger partial charge in [-0.3, -0.25) is 14.9 Å². The molecule has 0 aliphatic rings. The first-order valence-corrected chi connectivity index (χ1v) is 11.0. The van der Waals surface area contributed by atoms with Crippen LogP contribution in [0.15, 0.2) is 40.6 Å². The summed E-state index contributed by atoms with van der Waals surface area (Å²) in [5.74, 6) is 0.349. The van der Waals surface area contributed by atoms with Gasteiger partial charge in [-0.05, 0) is 45.9 Å². The first-order chi connectivity index (χ1) is 15.7. The number of carbonyl (C=O) groups is 1. The Bertz CT molecular complexity index is 1220. The third-order valence-corrected chi connectivity index (χ3v) is 5.62. The van der Waals surface area contributed by atoms with E-state index >= 15 is 0 Å². The second kappa shape index (κ2) is 10.3. The van der Waals surface area contributed by atoms with E-state index in [4.69, 9.17) is 4.74 Å². The van der Waals surface area contributed by atoms with Crippen LogP contribution in [0.4, 0.5) is 5.69 Å². The number of carbonyl (C=O) groups excluding carboxylic acids is 1. The number of ether oxygens (including phenoxy) is 1. The van der Waals surface area contributed by atoms with Crippen LogP contribution in [0, 0.1) is 37.8 Å². The fourth-order valence-electron chi connectivity index (χ4n) is 3.35. The second-order valence-electron chi connectivity index (χ2n) is 7.29. The summed E-state index contributed by atoms with van der Waals surface area (Å²) < 4.78 is 7.25. The minimum atomic E-state index is -0.448. The van der Waals surface area contributed by atoms with Crippen LogP contribution in [0.1, 0.15) is 28.3 Å². The van der Waals surface area contributed by atoms with Gasteiger partial charge in [-0.15, -0.1) is 0 Å². The number of nitrogens with one attached hydrogen (secondary N) is 1. The lowest BCUT2D eigenvalue weighted by atomic mass is 10.2. The summed E-state index contributed by atoms with van der Waals surface area (Å²) in [6, 6.07) is 8.18. The summed E-state index contributed by atoms with van der Waals surface area (Å²) in [5, 5.41) is 15.8. The Morgan fingerprint density at radius 3 is 2.55 bits per heavy atom.